The molecule has 2 nitrogen and oxygen atoms in total. The van der Waals surface area contributed by atoms with Gasteiger partial charge in [0.2, 0.25) is 5.91 Å². The van der Waals surface area contributed by atoms with E-state index in [2.05, 4.69) is 6.92 Å². The molecule has 0 unspecified atom stereocenters. The van der Waals surface area contributed by atoms with Crippen molar-refractivity contribution in [3.05, 3.63) is 11.3 Å². The number of hydrogen-bond donors (Lipinski definition) is 0. The largest absolute Gasteiger partial charge is 0.316 e. The Morgan fingerprint density at radius 3 is 2.80 bits per heavy atom. The van der Waals surface area contributed by atoms with Gasteiger partial charge in [-0.1, -0.05) is 5.57 Å². The summed E-state index contributed by atoms with van der Waals surface area (Å²) in [5.74, 6) is 0.326. The molecule has 0 aromatic heterocycles. The smallest absolute Gasteiger partial charge is 0.227 e. The molecule has 2 heterocycles. The lowest BCUT2D eigenvalue weighted by Gasteiger charge is -2.09. The Labute approximate surface area is 60.5 Å². The van der Waals surface area contributed by atoms with Gasteiger partial charge in [0, 0.05) is 18.7 Å². The minimum atomic E-state index is 0.326. The normalized spacial score (nSPS) is 24.5. The highest BCUT2D eigenvalue weighted by Gasteiger charge is 2.30. The molecule has 0 saturated carbocycles. The van der Waals surface area contributed by atoms with Crippen LogP contribution in [0, 0.1) is 0 Å². The molecule has 2 aliphatic heterocycles. The molecule has 0 aromatic rings. The number of carbonyl (C=O) groups excluding carboxylic acids is 1. The van der Waals surface area contributed by atoms with Crippen LogP contribution in [0.1, 0.15) is 26.2 Å². The van der Waals surface area contributed by atoms with E-state index in [1.807, 2.05) is 4.90 Å². The van der Waals surface area contributed by atoms with Crippen LogP contribution in [0.4, 0.5) is 0 Å². The van der Waals surface area contributed by atoms with Crippen LogP contribution in [0.3, 0.4) is 0 Å². The molecule has 54 valence electrons. The lowest BCUT2D eigenvalue weighted by Crippen LogP contribution is -2.19. The second kappa shape index (κ2) is 1.84. The molecule has 2 rings (SSSR count). The van der Waals surface area contributed by atoms with Gasteiger partial charge in [-0.15, -0.1) is 0 Å². The highest BCUT2D eigenvalue weighted by molar-refractivity contribution is 5.82. The van der Waals surface area contributed by atoms with Crippen molar-refractivity contribution >= 4 is 5.91 Å². The first kappa shape index (κ1) is 5.96. The Balaban J connectivity index is 2.35. The molecule has 0 aliphatic carbocycles. The monoisotopic (exact) mass is 137 g/mol. The highest BCUT2D eigenvalue weighted by atomic mass is 16.2. The van der Waals surface area contributed by atoms with Crippen LogP contribution in [0.2, 0.25) is 0 Å². The first-order valence-corrected chi connectivity index (χ1v) is 3.78. The second-order valence-electron chi connectivity index (χ2n) is 3.02. The second-order valence-corrected chi connectivity index (χ2v) is 3.02. The number of hydrogen-bond acceptors (Lipinski definition) is 1. The Morgan fingerprint density at radius 2 is 2.10 bits per heavy atom. The summed E-state index contributed by atoms with van der Waals surface area (Å²) < 4.78 is 0. The van der Waals surface area contributed by atoms with E-state index in [0.29, 0.717) is 5.91 Å². The van der Waals surface area contributed by atoms with Crippen molar-refractivity contribution in [1.29, 1.82) is 0 Å². The van der Waals surface area contributed by atoms with Crippen LogP contribution >= 0.6 is 0 Å². The average Bonchev–Trinajstić information content (AvgIpc) is 2.41. The van der Waals surface area contributed by atoms with Gasteiger partial charge in [-0.2, -0.15) is 0 Å². The molecule has 1 fully saturated rings. The molecule has 2 aliphatic rings. The van der Waals surface area contributed by atoms with Gasteiger partial charge in [0.05, 0.1) is 0 Å². The standard InChI is InChI=1S/C8H11NO/c1-6-4-5-9-7(6)2-3-8(9)10/h2-5H2,1H3. The topological polar surface area (TPSA) is 20.3 Å². The van der Waals surface area contributed by atoms with E-state index in [9.17, 15) is 4.79 Å². The quantitative estimate of drug-likeness (QED) is 0.492. The molecule has 10 heavy (non-hydrogen) atoms. The van der Waals surface area contributed by atoms with Gasteiger partial charge in [0.1, 0.15) is 0 Å². The van der Waals surface area contributed by atoms with Gasteiger partial charge in [0.25, 0.3) is 0 Å². The molecule has 0 spiro atoms. The van der Waals surface area contributed by atoms with E-state index >= 15 is 0 Å². The van der Waals surface area contributed by atoms with Crippen LogP contribution in [-0.4, -0.2) is 17.4 Å². The van der Waals surface area contributed by atoms with E-state index in [-0.39, 0.29) is 0 Å². The van der Waals surface area contributed by atoms with E-state index in [0.717, 1.165) is 25.8 Å². The predicted octanol–water partition coefficient (Wildman–Crippen LogP) is 1.29. The zero-order valence-electron chi connectivity index (χ0n) is 6.18. The SMILES string of the molecule is CC1=C2CCC(=O)N2CC1. The van der Waals surface area contributed by atoms with E-state index < -0.39 is 0 Å². The number of fused-ring (bicyclic) bond motifs is 1. The van der Waals surface area contributed by atoms with Crippen molar-refractivity contribution in [3.8, 4) is 0 Å². The van der Waals surface area contributed by atoms with Crippen molar-refractivity contribution in [2.24, 2.45) is 0 Å². The molecule has 0 bridgehead atoms. The van der Waals surface area contributed by atoms with E-state index in [1.165, 1.54) is 11.3 Å². The van der Waals surface area contributed by atoms with E-state index in [1.54, 1.807) is 0 Å². The maximum Gasteiger partial charge on any atom is 0.227 e. The zero-order valence-corrected chi connectivity index (χ0v) is 6.18. The van der Waals surface area contributed by atoms with Crippen LogP contribution in [-0.2, 0) is 4.79 Å². The maximum atomic E-state index is 11.1. The molecule has 1 saturated heterocycles. The van der Waals surface area contributed by atoms with Gasteiger partial charge in [0.15, 0.2) is 0 Å². The summed E-state index contributed by atoms with van der Waals surface area (Å²) >= 11 is 0. The molecular formula is C8H11NO. The molecular weight excluding hydrogens is 126 g/mol. The first-order chi connectivity index (χ1) is 4.79. The summed E-state index contributed by atoms with van der Waals surface area (Å²) in [6.45, 7) is 3.08. The van der Waals surface area contributed by atoms with Gasteiger partial charge in [-0.05, 0) is 19.8 Å². The minimum Gasteiger partial charge on any atom is -0.316 e. The third-order valence-corrected chi connectivity index (χ3v) is 2.41. The zero-order chi connectivity index (χ0) is 7.14. The fourth-order valence-corrected chi connectivity index (χ4v) is 1.77. The van der Waals surface area contributed by atoms with Gasteiger partial charge in [-0.3, -0.25) is 4.79 Å². The number of allylic oxidation sites excluding steroid dienone is 1. The fourth-order valence-electron chi connectivity index (χ4n) is 1.77. The van der Waals surface area contributed by atoms with Crippen molar-refractivity contribution in [2.45, 2.75) is 26.2 Å². The van der Waals surface area contributed by atoms with Crippen molar-refractivity contribution in [3.63, 3.8) is 0 Å². The van der Waals surface area contributed by atoms with Crippen LogP contribution in [0.5, 0.6) is 0 Å². The Morgan fingerprint density at radius 1 is 1.30 bits per heavy atom. The third-order valence-electron chi connectivity index (χ3n) is 2.41. The minimum absolute atomic E-state index is 0.326. The molecule has 0 atom stereocenters. The highest BCUT2D eigenvalue weighted by Crippen LogP contribution is 2.32. The molecule has 1 amide bonds. The lowest BCUT2D eigenvalue weighted by atomic mass is 10.2. The van der Waals surface area contributed by atoms with Gasteiger partial charge < -0.3 is 4.90 Å². The van der Waals surface area contributed by atoms with Crippen LogP contribution in [0.15, 0.2) is 11.3 Å². The Kier molecular flexibility index (Phi) is 1.10. The molecule has 0 N–H and O–H groups in total. The van der Waals surface area contributed by atoms with Gasteiger partial charge >= 0.3 is 0 Å². The van der Waals surface area contributed by atoms with Gasteiger partial charge in [-0.25, -0.2) is 0 Å². The maximum absolute atomic E-state index is 11.1. The lowest BCUT2D eigenvalue weighted by molar-refractivity contribution is -0.126. The first-order valence-electron chi connectivity index (χ1n) is 3.78. The van der Waals surface area contributed by atoms with Crippen LogP contribution in [0.25, 0.3) is 0 Å². The molecule has 2 heteroatoms. The van der Waals surface area contributed by atoms with E-state index in [4.69, 9.17) is 0 Å². The summed E-state index contributed by atoms with van der Waals surface area (Å²) in [6.07, 6.45) is 2.83. The summed E-state index contributed by atoms with van der Waals surface area (Å²) in [4.78, 5) is 13.0. The number of carbonyl (C=O) groups is 1. The predicted molar refractivity (Wildman–Crippen MR) is 38.3 cm³/mol. The average molecular weight is 137 g/mol. The molecule has 0 aromatic carbocycles. The van der Waals surface area contributed by atoms with Crippen LogP contribution < -0.4 is 0 Å². The summed E-state index contributed by atoms with van der Waals surface area (Å²) in [5.41, 5.74) is 2.73. The molecule has 0 radical (unpaired) electrons. The van der Waals surface area contributed by atoms with Crippen molar-refractivity contribution in [1.82, 2.24) is 4.90 Å². The van der Waals surface area contributed by atoms with Crippen molar-refractivity contribution < 1.29 is 4.79 Å². The summed E-state index contributed by atoms with van der Waals surface area (Å²) in [6, 6.07) is 0. The number of nitrogens with zero attached hydrogens (tertiary/aromatic N) is 1. The Bertz CT molecular complexity index is 217. The summed E-state index contributed by atoms with van der Waals surface area (Å²) in [7, 11) is 0. The summed E-state index contributed by atoms with van der Waals surface area (Å²) in [5, 5.41) is 0. The fraction of sp³-hybridized carbons (Fsp3) is 0.625. The van der Waals surface area contributed by atoms with Crippen molar-refractivity contribution in [2.75, 3.05) is 6.54 Å². The number of amides is 1. The third kappa shape index (κ3) is 0.618. The number of rotatable bonds is 0. The Hall–Kier alpha value is -0.790.